The summed E-state index contributed by atoms with van der Waals surface area (Å²) in [7, 11) is 0. The van der Waals surface area contributed by atoms with Crippen molar-refractivity contribution < 1.29 is 9.84 Å². The average Bonchev–Trinajstić information content (AvgIpc) is 2.36. The van der Waals surface area contributed by atoms with Gasteiger partial charge in [-0.05, 0) is 43.2 Å². The topological polar surface area (TPSA) is 42.4 Å². The van der Waals surface area contributed by atoms with Gasteiger partial charge in [-0.2, -0.15) is 0 Å². The van der Waals surface area contributed by atoms with Crippen molar-refractivity contribution in [1.82, 2.24) is 4.98 Å². The Bertz CT molecular complexity index is 546. The van der Waals surface area contributed by atoms with E-state index in [0.717, 1.165) is 16.1 Å². The smallest absolute Gasteiger partial charge is 0.136 e. The number of rotatable bonds is 3. The van der Waals surface area contributed by atoms with E-state index in [1.54, 1.807) is 18.5 Å². The van der Waals surface area contributed by atoms with Gasteiger partial charge in [-0.1, -0.05) is 11.6 Å². The Balaban J connectivity index is 2.34. The molecule has 0 fully saturated rings. The normalized spacial score (nSPS) is 10.4. The molecule has 2 aromatic rings. The Morgan fingerprint density at radius 3 is 2.56 bits per heavy atom. The molecular formula is C14H14ClNO2. The van der Waals surface area contributed by atoms with Gasteiger partial charge in [0.05, 0.1) is 6.61 Å². The maximum atomic E-state index is 9.21. The largest absolute Gasteiger partial charge is 0.457 e. The Labute approximate surface area is 111 Å². The van der Waals surface area contributed by atoms with Crippen LogP contribution in [0.5, 0.6) is 11.5 Å². The Hall–Kier alpha value is -1.58. The summed E-state index contributed by atoms with van der Waals surface area (Å²) in [6.45, 7) is 3.76. The number of aromatic nitrogens is 1. The summed E-state index contributed by atoms with van der Waals surface area (Å²) in [5.41, 5.74) is 2.58. The molecule has 0 unspecified atom stereocenters. The van der Waals surface area contributed by atoms with Crippen LogP contribution < -0.4 is 4.74 Å². The molecule has 0 amide bonds. The van der Waals surface area contributed by atoms with E-state index in [-0.39, 0.29) is 6.61 Å². The van der Waals surface area contributed by atoms with E-state index < -0.39 is 0 Å². The van der Waals surface area contributed by atoms with Gasteiger partial charge >= 0.3 is 0 Å². The molecule has 0 saturated carbocycles. The second kappa shape index (κ2) is 5.38. The Morgan fingerprint density at radius 2 is 1.94 bits per heavy atom. The zero-order valence-electron chi connectivity index (χ0n) is 10.3. The summed E-state index contributed by atoms with van der Waals surface area (Å²) >= 11 is 6.11. The fourth-order valence-electron chi connectivity index (χ4n) is 1.72. The van der Waals surface area contributed by atoms with Crippen LogP contribution in [0, 0.1) is 13.8 Å². The second-order valence-corrected chi connectivity index (χ2v) is 4.49. The van der Waals surface area contributed by atoms with Gasteiger partial charge in [-0.15, -0.1) is 0 Å². The van der Waals surface area contributed by atoms with E-state index in [2.05, 4.69) is 4.98 Å². The molecule has 3 nitrogen and oxygen atoms in total. The summed E-state index contributed by atoms with van der Waals surface area (Å²) in [6, 6.07) is 5.47. The molecular weight excluding hydrogens is 250 g/mol. The molecule has 18 heavy (non-hydrogen) atoms. The number of aliphatic hydroxyl groups excluding tert-OH is 1. The highest BCUT2D eigenvalue weighted by Gasteiger charge is 2.07. The third kappa shape index (κ3) is 2.63. The number of aryl methyl sites for hydroxylation is 2. The molecule has 1 N–H and O–H groups in total. The summed E-state index contributed by atoms with van der Waals surface area (Å²) in [5, 5.41) is 9.96. The van der Waals surface area contributed by atoms with Gasteiger partial charge in [-0.25, -0.2) is 0 Å². The van der Waals surface area contributed by atoms with Gasteiger partial charge in [0.15, 0.2) is 0 Å². The molecule has 0 aliphatic heterocycles. The number of hydrogen-bond donors (Lipinski definition) is 1. The van der Waals surface area contributed by atoms with Crippen LogP contribution in [0.1, 0.15) is 16.7 Å². The fraction of sp³-hybridized carbons (Fsp3) is 0.214. The quantitative estimate of drug-likeness (QED) is 0.919. The van der Waals surface area contributed by atoms with Crippen molar-refractivity contribution in [2.24, 2.45) is 0 Å². The van der Waals surface area contributed by atoms with Gasteiger partial charge in [0.2, 0.25) is 0 Å². The third-order valence-corrected chi connectivity index (χ3v) is 3.26. The van der Waals surface area contributed by atoms with Gasteiger partial charge in [0.25, 0.3) is 0 Å². The molecule has 2 rings (SSSR count). The predicted molar refractivity (Wildman–Crippen MR) is 71.2 cm³/mol. The highest BCUT2D eigenvalue weighted by atomic mass is 35.5. The van der Waals surface area contributed by atoms with Crippen LogP contribution in [0.3, 0.4) is 0 Å². The van der Waals surface area contributed by atoms with Crippen LogP contribution in [-0.4, -0.2) is 10.1 Å². The van der Waals surface area contributed by atoms with E-state index in [9.17, 15) is 5.11 Å². The van der Waals surface area contributed by atoms with Gasteiger partial charge in [0.1, 0.15) is 11.5 Å². The maximum Gasteiger partial charge on any atom is 0.136 e. The lowest BCUT2D eigenvalue weighted by atomic mass is 10.1. The van der Waals surface area contributed by atoms with Gasteiger partial charge in [-0.3, -0.25) is 4.98 Å². The standard InChI is InChI=1S/C14H14ClNO2/c1-9-5-12(6-10(2)14(9)15)18-13-3-4-16-7-11(13)8-17/h3-7,17H,8H2,1-2H3. The lowest BCUT2D eigenvalue weighted by Crippen LogP contribution is -1.93. The second-order valence-electron chi connectivity index (χ2n) is 4.11. The lowest BCUT2D eigenvalue weighted by Gasteiger charge is -2.11. The summed E-state index contributed by atoms with van der Waals surface area (Å²) in [5.74, 6) is 1.31. The molecule has 0 spiro atoms. The summed E-state index contributed by atoms with van der Waals surface area (Å²) in [4.78, 5) is 3.95. The van der Waals surface area contributed by atoms with Crippen molar-refractivity contribution in [3.05, 3.63) is 52.3 Å². The lowest BCUT2D eigenvalue weighted by molar-refractivity contribution is 0.276. The van der Waals surface area contributed by atoms with E-state index in [0.29, 0.717) is 17.1 Å². The predicted octanol–water partition coefficient (Wildman–Crippen LogP) is 3.64. The summed E-state index contributed by atoms with van der Waals surface area (Å²) in [6.07, 6.45) is 3.22. The van der Waals surface area contributed by atoms with Crippen molar-refractivity contribution in [2.75, 3.05) is 0 Å². The minimum atomic E-state index is -0.102. The molecule has 94 valence electrons. The maximum absolute atomic E-state index is 9.21. The van der Waals surface area contributed by atoms with Crippen LogP contribution in [-0.2, 0) is 6.61 Å². The van der Waals surface area contributed by atoms with Crippen molar-refractivity contribution in [2.45, 2.75) is 20.5 Å². The number of hydrogen-bond acceptors (Lipinski definition) is 3. The average molecular weight is 264 g/mol. The molecule has 1 aromatic carbocycles. The van der Waals surface area contributed by atoms with Crippen LogP contribution in [0.15, 0.2) is 30.6 Å². The van der Waals surface area contributed by atoms with Crippen molar-refractivity contribution in [3.63, 3.8) is 0 Å². The first-order valence-electron chi connectivity index (χ1n) is 5.60. The number of halogens is 1. The number of ether oxygens (including phenoxy) is 1. The van der Waals surface area contributed by atoms with E-state index in [1.165, 1.54) is 0 Å². The minimum absolute atomic E-state index is 0.102. The molecule has 4 heteroatoms. The van der Waals surface area contributed by atoms with Crippen molar-refractivity contribution >= 4 is 11.6 Å². The first kappa shape index (κ1) is 12.9. The van der Waals surface area contributed by atoms with Crippen LogP contribution >= 0.6 is 11.6 Å². The molecule has 0 aliphatic carbocycles. The highest BCUT2D eigenvalue weighted by molar-refractivity contribution is 6.32. The third-order valence-electron chi connectivity index (χ3n) is 2.67. The fourth-order valence-corrected chi connectivity index (χ4v) is 1.83. The molecule has 1 aromatic heterocycles. The molecule has 1 heterocycles. The van der Waals surface area contributed by atoms with Crippen LogP contribution in [0.2, 0.25) is 5.02 Å². The number of aliphatic hydroxyl groups is 1. The molecule has 0 aliphatic rings. The number of nitrogens with zero attached hydrogens (tertiary/aromatic N) is 1. The van der Waals surface area contributed by atoms with Crippen molar-refractivity contribution in [1.29, 1.82) is 0 Å². The Morgan fingerprint density at radius 1 is 1.28 bits per heavy atom. The van der Waals surface area contributed by atoms with E-state index >= 15 is 0 Å². The van der Waals surface area contributed by atoms with Crippen LogP contribution in [0.25, 0.3) is 0 Å². The van der Waals surface area contributed by atoms with Gasteiger partial charge < -0.3 is 9.84 Å². The first-order chi connectivity index (χ1) is 8.61. The van der Waals surface area contributed by atoms with Crippen molar-refractivity contribution in [3.8, 4) is 11.5 Å². The van der Waals surface area contributed by atoms with Crippen LogP contribution in [0.4, 0.5) is 0 Å². The monoisotopic (exact) mass is 263 g/mol. The number of pyridine rings is 1. The van der Waals surface area contributed by atoms with Gasteiger partial charge in [0, 0.05) is 23.0 Å². The minimum Gasteiger partial charge on any atom is -0.457 e. The summed E-state index contributed by atoms with van der Waals surface area (Å²) < 4.78 is 5.76. The molecule has 0 saturated heterocycles. The first-order valence-corrected chi connectivity index (χ1v) is 5.98. The number of benzene rings is 1. The SMILES string of the molecule is Cc1cc(Oc2ccncc2CO)cc(C)c1Cl. The zero-order chi connectivity index (χ0) is 13.1. The Kier molecular flexibility index (Phi) is 3.84. The highest BCUT2D eigenvalue weighted by Crippen LogP contribution is 2.30. The van der Waals surface area contributed by atoms with E-state index in [1.807, 2.05) is 26.0 Å². The molecule has 0 bridgehead atoms. The molecule has 0 atom stereocenters. The zero-order valence-corrected chi connectivity index (χ0v) is 11.0. The molecule has 0 radical (unpaired) electrons. The van der Waals surface area contributed by atoms with E-state index in [4.69, 9.17) is 16.3 Å².